The Hall–Kier alpha value is -2.45. The Morgan fingerprint density at radius 3 is 2.48 bits per heavy atom. The Bertz CT molecular complexity index is 500. The molecule has 1 aliphatic heterocycles. The smallest absolute Gasteiger partial charge is 0.410 e. The van der Waals surface area contributed by atoms with E-state index in [4.69, 9.17) is 10.5 Å². The topological polar surface area (TPSA) is 128 Å². The van der Waals surface area contributed by atoms with Gasteiger partial charge >= 0.3 is 11.8 Å². The van der Waals surface area contributed by atoms with E-state index in [1.54, 1.807) is 20.8 Å². The van der Waals surface area contributed by atoms with Gasteiger partial charge in [0, 0.05) is 13.1 Å². The molecule has 0 radical (unpaired) electrons. The van der Waals surface area contributed by atoms with Gasteiger partial charge in [-0.2, -0.15) is 0 Å². The number of likely N-dealkylation sites (tertiary alicyclic amines) is 1. The van der Waals surface area contributed by atoms with Crippen LogP contribution in [0.5, 0.6) is 0 Å². The van der Waals surface area contributed by atoms with Crippen LogP contribution >= 0.6 is 0 Å². The van der Waals surface area contributed by atoms with Crippen molar-refractivity contribution in [2.45, 2.75) is 32.4 Å². The number of nitrogens with two attached hydrogens (primary N) is 1. The van der Waals surface area contributed by atoms with Gasteiger partial charge < -0.3 is 15.4 Å². The third-order valence-corrected chi connectivity index (χ3v) is 2.54. The first-order chi connectivity index (χ1) is 9.64. The Morgan fingerprint density at radius 1 is 1.48 bits per heavy atom. The van der Waals surface area contributed by atoms with E-state index < -0.39 is 28.0 Å². The van der Waals surface area contributed by atoms with E-state index in [2.05, 4.69) is 4.99 Å². The molecule has 1 saturated heterocycles. The average molecular weight is 298 g/mol. The fourth-order valence-electron chi connectivity index (χ4n) is 1.49. The summed E-state index contributed by atoms with van der Waals surface area (Å²) in [6.45, 7) is 5.89. The van der Waals surface area contributed by atoms with Gasteiger partial charge in [0.05, 0.1) is 11.0 Å². The van der Waals surface area contributed by atoms with Gasteiger partial charge in [0.2, 0.25) is 0 Å². The highest BCUT2D eigenvalue weighted by molar-refractivity contribution is 5.86. The first-order valence-electron chi connectivity index (χ1n) is 6.24. The zero-order chi connectivity index (χ0) is 16.2. The second-order valence-electron chi connectivity index (χ2n) is 5.53. The monoisotopic (exact) mass is 298 g/mol. The van der Waals surface area contributed by atoms with Crippen LogP contribution in [0, 0.1) is 10.1 Å². The fraction of sp³-hybridized carbons (Fsp3) is 0.583. The quantitative estimate of drug-likeness (QED) is 0.262. The first kappa shape index (κ1) is 16.6. The molecule has 0 atom stereocenters. The van der Waals surface area contributed by atoms with Crippen molar-refractivity contribution in [2.24, 2.45) is 10.7 Å². The number of carbonyl (C=O) groups is 2. The summed E-state index contributed by atoms with van der Waals surface area (Å²) in [5.74, 6) is 0. The van der Waals surface area contributed by atoms with Crippen molar-refractivity contribution in [3.63, 3.8) is 0 Å². The molecule has 0 aromatic carbocycles. The van der Waals surface area contributed by atoms with E-state index in [0.29, 0.717) is 13.1 Å². The van der Waals surface area contributed by atoms with Crippen molar-refractivity contribution in [2.75, 3.05) is 13.1 Å². The number of aldehydes is 1. The number of hydrogen-bond acceptors (Lipinski definition) is 7. The van der Waals surface area contributed by atoms with Crippen molar-refractivity contribution >= 4 is 18.6 Å². The van der Waals surface area contributed by atoms with Crippen molar-refractivity contribution in [1.29, 1.82) is 0 Å². The Balaban J connectivity index is 2.55. The molecule has 0 saturated carbocycles. The number of aliphatic imine (C=N–C) groups is 1. The number of nitro groups is 1. The number of hydrogen-bond donors (Lipinski definition) is 1. The van der Waals surface area contributed by atoms with Gasteiger partial charge in [-0.3, -0.25) is 19.9 Å². The highest BCUT2D eigenvalue weighted by atomic mass is 16.6. The number of rotatable bonds is 4. The largest absolute Gasteiger partial charge is 0.444 e. The van der Waals surface area contributed by atoms with Crippen LogP contribution in [0.2, 0.25) is 0 Å². The highest BCUT2D eigenvalue weighted by Gasteiger charge is 2.33. The first-order valence-corrected chi connectivity index (χ1v) is 6.24. The zero-order valence-electron chi connectivity index (χ0n) is 12.1. The summed E-state index contributed by atoms with van der Waals surface area (Å²) < 4.78 is 5.16. The highest BCUT2D eigenvalue weighted by Crippen LogP contribution is 2.17. The summed E-state index contributed by atoms with van der Waals surface area (Å²) in [6.07, 6.45) is 0.685. The molecule has 21 heavy (non-hydrogen) atoms. The number of carbonyl (C=O) groups excluding carboxylic acids is 2. The molecular weight excluding hydrogens is 280 g/mol. The maximum atomic E-state index is 11.7. The second-order valence-corrected chi connectivity index (χ2v) is 5.53. The predicted octanol–water partition coefficient (Wildman–Crippen LogP) is 0.322. The van der Waals surface area contributed by atoms with Crippen LogP contribution in [0.25, 0.3) is 0 Å². The molecule has 9 nitrogen and oxygen atoms in total. The Morgan fingerprint density at radius 2 is 2.05 bits per heavy atom. The van der Waals surface area contributed by atoms with E-state index in [-0.39, 0.29) is 12.3 Å². The molecule has 0 spiro atoms. The summed E-state index contributed by atoms with van der Waals surface area (Å²) in [5.41, 5.74) is 3.58. The van der Waals surface area contributed by atoms with E-state index in [1.165, 1.54) is 4.90 Å². The third kappa shape index (κ3) is 4.86. The molecule has 1 aliphatic rings. The maximum absolute atomic E-state index is 11.7. The lowest BCUT2D eigenvalue weighted by molar-refractivity contribution is -0.415. The molecule has 0 aromatic heterocycles. The summed E-state index contributed by atoms with van der Waals surface area (Å²) >= 11 is 0. The molecule has 0 bridgehead atoms. The summed E-state index contributed by atoms with van der Waals surface area (Å²) in [7, 11) is 0. The van der Waals surface area contributed by atoms with Crippen LogP contribution in [0.1, 0.15) is 20.8 Å². The lowest BCUT2D eigenvalue weighted by Gasteiger charge is -2.37. The van der Waals surface area contributed by atoms with Gasteiger partial charge in [-0.25, -0.2) is 4.79 Å². The molecule has 2 N–H and O–H groups in total. The predicted molar refractivity (Wildman–Crippen MR) is 74.4 cm³/mol. The van der Waals surface area contributed by atoms with Crippen LogP contribution in [-0.4, -0.2) is 53.1 Å². The minimum Gasteiger partial charge on any atom is -0.444 e. The Labute approximate surface area is 121 Å². The van der Waals surface area contributed by atoms with E-state index in [9.17, 15) is 19.7 Å². The lowest BCUT2D eigenvalue weighted by atomic mass is 10.1. The van der Waals surface area contributed by atoms with Crippen molar-refractivity contribution in [3.8, 4) is 0 Å². The molecule has 116 valence electrons. The van der Waals surface area contributed by atoms with Crippen LogP contribution in [0.15, 0.2) is 16.4 Å². The van der Waals surface area contributed by atoms with Crippen LogP contribution in [-0.2, 0) is 9.53 Å². The van der Waals surface area contributed by atoms with Gasteiger partial charge in [0.15, 0.2) is 12.0 Å². The molecule has 0 unspecified atom stereocenters. The minimum atomic E-state index is -0.780. The van der Waals surface area contributed by atoms with E-state index in [0.717, 1.165) is 6.21 Å². The van der Waals surface area contributed by atoms with Crippen molar-refractivity contribution in [3.05, 3.63) is 21.5 Å². The van der Waals surface area contributed by atoms with Crippen LogP contribution < -0.4 is 5.73 Å². The standard InChI is InChI=1S/C12H18N4O5/c1-12(2,3)21-11(18)15-5-8(6-15)14-4-10(16(19)20)9(13)7-17/h4,7-8H,5-6,13H2,1-3H3. The molecule has 1 amide bonds. The van der Waals surface area contributed by atoms with Crippen molar-refractivity contribution < 1.29 is 19.2 Å². The molecule has 1 heterocycles. The minimum absolute atomic E-state index is 0.192. The molecule has 0 aliphatic carbocycles. The molecule has 0 aromatic rings. The van der Waals surface area contributed by atoms with E-state index >= 15 is 0 Å². The van der Waals surface area contributed by atoms with Crippen LogP contribution in [0.3, 0.4) is 0 Å². The SMILES string of the molecule is CC(C)(C)OC(=O)N1CC(N=CC(=C(N)C=O)[N+](=O)[O-])C1. The van der Waals surface area contributed by atoms with Gasteiger partial charge in [-0.15, -0.1) is 0 Å². The molecular formula is C12H18N4O5. The summed E-state index contributed by atoms with van der Waals surface area (Å²) in [4.78, 5) is 37.4. The molecule has 9 heteroatoms. The molecule has 1 fully saturated rings. The number of allylic oxidation sites excluding steroid dienone is 2. The number of amides is 1. The zero-order valence-corrected chi connectivity index (χ0v) is 12.1. The average Bonchev–Trinajstić information content (AvgIpc) is 2.28. The number of ether oxygens (including phenoxy) is 1. The van der Waals surface area contributed by atoms with Gasteiger partial charge in [0.1, 0.15) is 11.8 Å². The summed E-state index contributed by atoms with van der Waals surface area (Å²) in [6, 6.07) is -0.271. The van der Waals surface area contributed by atoms with Gasteiger partial charge in [-0.1, -0.05) is 0 Å². The number of nitrogens with zero attached hydrogens (tertiary/aromatic N) is 3. The lowest BCUT2D eigenvalue weighted by Crippen LogP contribution is -2.54. The normalized spacial score (nSPS) is 17.2. The van der Waals surface area contributed by atoms with Crippen LogP contribution in [0.4, 0.5) is 4.79 Å². The Kier molecular flexibility index (Phi) is 5.01. The fourth-order valence-corrected chi connectivity index (χ4v) is 1.49. The van der Waals surface area contributed by atoms with Gasteiger partial charge in [0.25, 0.3) is 0 Å². The van der Waals surface area contributed by atoms with E-state index in [1.807, 2.05) is 0 Å². The molecule has 1 rings (SSSR count). The summed E-state index contributed by atoms with van der Waals surface area (Å²) in [5, 5.41) is 10.7. The second kappa shape index (κ2) is 6.33. The third-order valence-electron chi connectivity index (χ3n) is 2.54. The maximum Gasteiger partial charge on any atom is 0.410 e. The van der Waals surface area contributed by atoms with Crippen molar-refractivity contribution in [1.82, 2.24) is 4.90 Å². The van der Waals surface area contributed by atoms with Gasteiger partial charge in [-0.05, 0) is 20.8 Å².